The quantitative estimate of drug-likeness (QED) is 0.546. The molecule has 0 radical (unpaired) electrons. The molecule has 0 aromatic heterocycles. The van der Waals surface area contributed by atoms with Crippen molar-refractivity contribution in [3.05, 3.63) is 38.9 Å². The van der Waals surface area contributed by atoms with Gasteiger partial charge in [0.05, 0.1) is 11.5 Å². The van der Waals surface area contributed by atoms with Crippen LogP contribution in [0.4, 0.5) is 5.69 Å². The van der Waals surface area contributed by atoms with E-state index in [2.05, 4.69) is 18.7 Å². The van der Waals surface area contributed by atoms with Gasteiger partial charge in [-0.05, 0) is 17.5 Å². The summed E-state index contributed by atoms with van der Waals surface area (Å²) in [7, 11) is 1.67. The number of nitro groups is 1. The number of halogens is 1. The number of hydrogen-bond acceptors (Lipinski definition) is 4. The normalized spacial score (nSPS) is 11.3. The summed E-state index contributed by atoms with van der Waals surface area (Å²) in [6, 6.07) is 4.96. The van der Waals surface area contributed by atoms with Gasteiger partial charge in [-0.1, -0.05) is 31.5 Å². The molecule has 112 valence electrons. The number of nitrogens with zero attached hydrogens (tertiary/aromatic N) is 2. The van der Waals surface area contributed by atoms with Gasteiger partial charge in [0.1, 0.15) is 5.02 Å². The molecule has 0 unspecified atom stereocenters. The molecule has 0 saturated heterocycles. The van der Waals surface area contributed by atoms with Crippen LogP contribution in [-0.2, 0) is 11.3 Å². The molecule has 0 fully saturated rings. The Balaban J connectivity index is 2.81. The Morgan fingerprint density at radius 2 is 2.15 bits per heavy atom. The molecule has 1 rings (SSSR count). The van der Waals surface area contributed by atoms with Crippen LogP contribution >= 0.6 is 11.6 Å². The highest BCUT2D eigenvalue weighted by atomic mass is 35.5. The van der Waals surface area contributed by atoms with Crippen molar-refractivity contribution >= 4 is 17.3 Å². The molecule has 0 heterocycles. The average molecular weight is 301 g/mol. The van der Waals surface area contributed by atoms with Crippen LogP contribution in [0.5, 0.6) is 0 Å². The summed E-state index contributed by atoms with van der Waals surface area (Å²) in [5, 5.41) is 11.1. The second kappa shape index (κ2) is 8.19. The summed E-state index contributed by atoms with van der Waals surface area (Å²) in [4.78, 5) is 12.7. The van der Waals surface area contributed by atoms with Gasteiger partial charge in [-0.2, -0.15) is 0 Å². The lowest BCUT2D eigenvalue weighted by Gasteiger charge is -2.24. The minimum Gasteiger partial charge on any atom is -0.383 e. The number of nitro benzene ring substituents is 1. The topological polar surface area (TPSA) is 55.6 Å². The summed E-state index contributed by atoms with van der Waals surface area (Å²) in [6.45, 7) is 7.29. The third kappa shape index (κ3) is 5.45. The van der Waals surface area contributed by atoms with Crippen molar-refractivity contribution in [1.82, 2.24) is 4.90 Å². The monoisotopic (exact) mass is 300 g/mol. The zero-order valence-corrected chi connectivity index (χ0v) is 12.9. The van der Waals surface area contributed by atoms with Crippen molar-refractivity contribution in [2.75, 3.05) is 26.8 Å². The highest BCUT2D eigenvalue weighted by Gasteiger charge is 2.15. The Labute approximate surface area is 124 Å². The first-order valence-electron chi connectivity index (χ1n) is 6.58. The van der Waals surface area contributed by atoms with Crippen LogP contribution in [0, 0.1) is 16.0 Å². The standard InChI is InChI=1S/C14H21ClN2O3/c1-11(2)9-16(6-7-20-3)10-12-4-5-13(15)14(8-12)17(18)19/h4-5,8,11H,6-7,9-10H2,1-3H3. The minimum absolute atomic E-state index is 0.0413. The lowest BCUT2D eigenvalue weighted by Crippen LogP contribution is -2.30. The van der Waals surface area contributed by atoms with E-state index in [0.29, 0.717) is 19.1 Å². The zero-order chi connectivity index (χ0) is 15.1. The first kappa shape index (κ1) is 16.9. The summed E-state index contributed by atoms with van der Waals surface area (Å²) in [5.74, 6) is 0.522. The van der Waals surface area contributed by atoms with E-state index in [1.165, 1.54) is 0 Å². The predicted molar refractivity (Wildman–Crippen MR) is 80.1 cm³/mol. The maximum absolute atomic E-state index is 10.9. The van der Waals surface area contributed by atoms with E-state index in [0.717, 1.165) is 18.7 Å². The smallest absolute Gasteiger partial charge is 0.288 e. The summed E-state index contributed by atoms with van der Waals surface area (Å²) >= 11 is 5.82. The molecule has 1 aromatic carbocycles. The second-order valence-electron chi connectivity index (χ2n) is 5.16. The van der Waals surface area contributed by atoms with Gasteiger partial charge >= 0.3 is 0 Å². The van der Waals surface area contributed by atoms with Crippen molar-refractivity contribution in [3.8, 4) is 0 Å². The number of ether oxygens (including phenoxy) is 1. The Hall–Kier alpha value is -1.17. The molecule has 20 heavy (non-hydrogen) atoms. The van der Waals surface area contributed by atoms with Gasteiger partial charge in [0, 0.05) is 32.8 Å². The molecule has 0 spiro atoms. The molecule has 6 heteroatoms. The first-order valence-corrected chi connectivity index (χ1v) is 6.96. The molecule has 0 amide bonds. The third-order valence-corrected chi connectivity index (χ3v) is 3.17. The Kier molecular flexibility index (Phi) is 6.91. The molecule has 0 atom stereocenters. The van der Waals surface area contributed by atoms with Crippen molar-refractivity contribution in [2.24, 2.45) is 5.92 Å². The highest BCUT2D eigenvalue weighted by molar-refractivity contribution is 6.32. The number of hydrogen-bond donors (Lipinski definition) is 0. The zero-order valence-electron chi connectivity index (χ0n) is 12.1. The van der Waals surface area contributed by atoms with E-state index in [-0.39, 0.29) is 10.7 Å². The van der Waals surface area contributed by atoms with Gasteiger partial charge in [-0.25, -0.2) is 0 Å². The second-order valence-corrected chi connectivity index (χ2v) is 5.57. The van der Waals surface area contributed by atoms with Crippen LogP contribution in [-0.4, -0.2) is 36.6 Å². The molecule has 0 N–H and O–H groups in total. The van der Waals surface area contributed by atoms with Gasteiger partial charge in [0.2, 0.25) is 0 Å². The largest absolute Gasteiger partial charge is 0.383 e. The van der Waals surface area contributed by atoms with Gasteiger partial charge in [0.15, 0.2) is 0 Å². The van der Waals surface area contributed by atoms with E-state index >= 15 is 0 Å². The van der Waals surface area contributed by atoms with Crippen LogP contribution in [0.25, 0.3) is 0 Å². The highest BCUT2D eigenvalue weighted by Crippen LogP contribution is 2.25. The van der Waals surface area contributed by atoms with Gasteiger partial charge in [0.25, 0.3) is 5.69 Å². The lowest BCUT2D eigenvalue weighted by atomic mass is 10.1. The van der Waals surface area contributed by atoms with Crippen molar-refractivity contribution in [1.29, 1.82) is 0 Å². The predicted octanol–water partition coefficient (Wildman–Crippen LogP) is 3.35. The van der Waals surface area contributed by atoms with Crippen LogP contribution < -0.4 is 0 Å². The summed E-state index contributed by atoms with van der Waals surface area (Å²) in [6.07, 6.45) is 0. The number of rotatable bonds is 8. The molecule has 0 bridgehead atoms. The molecule has 0 aliphatic heterocycles. The van der Waals surface area contributed by atoms with E-state index in [4.69, 9.17) is 16.3 Å². The molecule has 0 aliphatic carbocycles. The first-order chi connectivity index (χ1) is 9.43. The molecule has 0 aliphatic rings. The molecule has 0 saturated carbocycles. The fraction of sp³-hybridized carbons (Fsp3) is 0.571. The third-order valence-electron chi connectivity index (χ3n) is 2.85. The maximum atomic E-state index is 10.9. The van der Waals surface area contributed by atoms with Crippen LogP contribution in [0.15, 0.2) is 18.2 Å². The maximum Gasteiger partial charge on any atom is 0.288 e. The Morgan fingerprint density at radius 3 is 2.70 bits per heavy atom. The van der Waals surface area contributed by atoms with E-state index in [1.807, 2.05) is 6.07 Å². The Bertz CT molecular complexity index is 452. The SMILES string of the molecule is COCCN(Cc1ccc(Cl)c([N+](=O)[O-])c1)CC(C)C. The fourth-order valence-corrected chi connectivity index (χ4v) is 2.21. The van der Waals surface area contributed by atoms with E-state index in [1.54, 1.807) is 19.2 Å². The molecule has 5 nitrogen and oxygen atoms in total. The summed E-state index contributed by atoms with van der Waals surface area (Å²) < 4.78 is 5.10. The molecule has 1 aromatic rings. The van der Waals surface area contributed by atoms with Crippen molar-refractivity contribution in [3.63, 3.8) is 0 Å². The van der Waals surface area contributed by atoms with Gasteiger partial charge in [-0.3, -0.25) is 15.0 Å². The molecular formula is C14H21ClN2O3. The Morgan fingerprint density at radius 1 is 1.45 bits per heavy atom. The number of benzene rings is 1. The fourth-order valence-electron chi connectivity index (χ4n) is 2.03. The molecular weight excluding hydrogens is 280 g/mol. The van der Waals surface area contributed by atoms with E-state index in [9.17, 15) is 10.1 Å². The van der Waals surface area contributed by atoms with Crippen LogP contribution in [0.1, 0.15) is 19.4 Å². The van der Waals surface area contributed by atoms with Crippen LogP contribution in [0.3, 0.4) is 0 Å². The minimum atomic E-state index is -0.451. The lowest BCUT2D eigenvalue weighted by molar-refractivity contribution is -0.384. The average Bonchev–Trinajstić information content (AvgIpc) is 2.37. The van der Waals surface area contributed by atoms with Crippen LogP contribution in [0.2, 0.25) is 5.02 Å². The van der Waals surface area contributed by atoms with E-state index < -0.39 is 4.92 Å². The van der Waals surface area contributed by atoms with Gasteiger partial charge in [-0.15, -0.1) is 0 Å². The summed E-state index contributed by atoms with van der Waals surface area (Å²) in [5.41, 5.74) is 0.846. The number of methoxy groups -OCH3 is 1. The van der Waals surface area contributed by atoms with Crippen molar-refractivity contribution in [2.45, 2.75) is 20.4 Å². The van der Waals surface area contributed by atoms with Crippen molar-refractivity contribution < 1.29 is 9.66 Å². The van der Waals surface area contributed by atoms with Gasteiger partial charge < -0.3 is 4.74 Å².